The minimum atomic E-state index is 0.0120. The monoisotopic (exact) mass is 312 g/mol. The van der Waals surface area contributed by atoms with Crippen molar-refractivity contribution >= 4 is 11.6 Å². The van der Waals surface area contributed by atoms with Crippen LogP contribution in [0.25, 0.3) is 0 Å². The van der Waals surface area contributed by atoms with Crippen LogP contribution in [-0.2, 0) is 11.3 Å². The summed E-state index contributed by atoms with van der Waals surface area (Å²) in [6.45, 7) is 5.76. The van der Waals surface area contributed by atoms with E-state index >= 15 is 0 Å². The number of ether oxygens (including phenoxy) is 1. The second-order valence-electron chi connectivity index (χ2n) is 5.43. The van der Waals surface area contributed by atoms with Crippen molar-refractivity contribution in [1.82, 2.24) is 5.32 Å². The third kappa shape index (κ3) is 4.74. The van der Waals surface area contributed by atoms with E-state index in [0.717, 1.165) is 23.5 Å². The normalized spacial score (nSPS) is 10.2. The highest BCUT2D eigenvalue weighted by atomic mass is 16.5. The number of likely N-dealkylation sites (N-methyl/N-ethyl adjacent to an activating group) is 1. The van der Waals surface area contributed by atoms with Gasteiger partial charge in [0.25, 0.3) is 0 Å². The Balaban J connectivity index is 1.94. The van der Waals surface area contributed by atoms with Crippen LogP contribution in [0.15, 0.2) is 48.5 Å². The van der Waals surface area contributed by atoms with Gasteiger partial charge in [-0.15, -0.1) is 0 Å². The first-order valence-electron chi connectivity index (χ1n) is 7.84. The molecular formula is C19H24N2O2. The Labute approximate surface area is 138 Å². The number of rotatable bonds is 7. The van der Waals surface area contributed by atoms with Crippen LogP contribution in [0.4, 0.5) is 5.69 Å². The van der Waals surface area contributed by atoms with Crippen LogP contribution in [0.5, 0.6) is 5.75 Å². The minimum absolute atomic E-state index is 0.0120. The topological polar surface area (TPSA) is 41.6 Å². The molecule has 2 aromatic rings. The number of carbonyl (C=O) groups excluding carboxylic acids is 1. The molecule has 0 saturated carbocycles. The average Bonchev–Trinajstić information content (AvgIpc) is 2.59. The molecule has 0 unspecified atom stereocenters. The Kier molecular flexibility index (Phi) is 6.03. The molecule has 0 aromatic heterocycles. The Morgan fingerprint density at radius 2 is 1.96 bits per heavy atom. The standard InChI is InChI=1S/C19H24N2O2/c1-4-21(18-11-6-5-8-15(18)2)14-19(22)20-13-16-9-7-10-17(12-16)23-3/h5-12H,4,13-14H2,1-3H3,(H,20,22). The van der Waals surface area contributed by atoms with E-state index in [1.807, 2.05) is 42.5 Å². The molecule has 0 radical (unpaired) electrons. The molecule has 0 heterocycles. The molecular weight excluding hydrogens is 288 g/mol. The minimum Gasteiger partial charge on any atom is -0.497 e. The summed E-state index contributed by atoms with van der Waals surface area (Å²) in [4.78, 5) is 14.3. The van der Waals surface area contributed by atoms with E-state index in [0.29, 0.717) is 13.1 Å². The number of anilines is 1. The molecule has 1 N–H and O–H groups in total. The smallest absolute Gasteiger partial charge is 0.239 e. The molecule has 0 aliphatic heterocycles. The molecule has 0 bridgehead atoms. The zero-order chi connectivity index (χ0) is 16.7. The van der Waals surface area contributed by atoms with Crippen LogP contribution in [0.2, 0.25) is 0 Å². The van der Waals surface area contributed by atoms with Gasteiger partial charge in [0.05, 0.1) is 13.7 Å². The summed E-state index contributed by atoms with van der Waals surface area (Å²) in [6, 6.07) is 15.8. The molecule has 4 nitrogen and oxygen atoms in total. The highest BCUT2D eigenvalue weighted by molar-refractivity contribution is 5.81. The quantitative estimate of drug-likeness (QED) is 0.854. The number of nitrogens with one attached hydrogen (secondary N) is 1. The van der Waals surface area contributed by atoms with Gasteiger partial charge in [-0.3, -0.25) is 4.79 Å². The number of amides is 1. The van der Waals surface area contributed by atoms with E-state index < -0.39 is 0 Å². The third-order valence-corrected chi connectivity index (χ3v) is 3.80. The number of hydrogen-bond acceptors (Lipinski definition) is 3. The molecule has 0 atom stereocenters. The van der Waals surface area contributed by atoms with Crippen molar-refractivity contribution in [2.75, 3.05) is 25.1 Å². The number of methoxy groups -OCH3 is 1. The van der Waals surface area contributed by atoms with Crippen LogP contribution in [0.1, 0.15) is 18.1 Å². The fourth-order valence-corrected chi connectivity index (χ4v) is 2.50. The molecule has 23 heavy (non-hydrogen) atoms. The molecule has 2 aromatic carbocycles. The number of para-hydroxylation sites is 1. The largest absolute Gasteiger partial charge is 0.497 e. The zero-order valence-electron chi connectivity index (χ0n) is 14.0. The average molecular weight is 312 g/mol. The van der Waals surface area contributed by atoms with E-state index in [9.17, 15) is 4.79 Å². The maximum absolute atomic E-state index is 12.2. The van der Waals surface area contributed by atoms with Gasteiger partial charge >= 0.3 is 0 Å². The predicted octanol–water partition coefficient (Wildman–Crippen LogP) is 3.15. The Morgan fingerprint density at radius 1 is 1.17 bits per heavy atom. The molecule has 1 amide bonds. The maximum atomic E-state index is 12.2. The van der Waals surface area contributed by atoms with Crippen molar-refractivity contribution < 1.29 is 9.53 Å². The molecule has 0 fully saturated rings. The lowest BCUT2D eigenvalue weighted by Crippen LogP contribution is -2.37. The van der Waals surface area contributed by atoms with Crippen molar-refractivity contribution in [2.45, 2.75) is 20.4 Å². The van der Waals surface area contributed by atoms with Gasteiger partial charge in [-0.05, 0) is 43.2 Å². The summed E-state index contributed by atoms with van der Waals surface area (Å²) >= 11 is 0. The summed E-state index contributed by atoms with van der Waals surface area (Å²) in [5.41, 5.74) is 3.30. The maximum Gasteiger partial charge on any atom is 0.239 e. The lowest BCUT2D eigenvalue weighted by molar-refractivity contribution is -0.119. The second-order valence-corrected chi connectivity index (χ2v) is 5.43. The van der Waals surface area contributed by atoms with Crippen LogP contribution < -0.4 is 15.0 Å². The number of benzene rings is 2. The van der Waals surface area contributed by atoms with Crippen molar-refractivity contribution in [3.8, 4) is 5.75 Å². The zero-order valence-corrected chi connectivity index (χ0v) is 14.0. The van der Waals surface area contributed by atoms with Gasteiger partial charge in [-0.25, -0.2) is 0 Å². The molecule has 0 spiro atoms. The van der Waals surface area contributed by atoms with Gasteiger partial charge in [0.2, 0.25) is 5.91 Å². The Morgan fingerprint density at radius 3 is 2.65 bits per heavy atom. The first-order valence-corrected chi connectivity index (χ1v) is 7.84. The van der Waals surface area contributed by atoms with Gasteiger partial charge < -0.3 is 15.0 Å². The number of carbonyl (C=O) groups is 1. The number of hydrogen-bond donors (Lipinski definition) is 1. The van der Waals surface area contributed by atoms with E-state index in [1.165, 1.54) is 5.56 Å². The summed E-state index contributed by atoms with van der Waals surface area (Å²) in [5, 5.41) is 2.97. The summed E-state index contributed by atoms with van der Waals surface area (Å²) in [5.74, 6) is 0.810. The lowest BCUT2D eigenvalue weighted by Gasteiger charge is -2.24. The third-order valence-electron chi connectivity index (χ3n) is 3.80. The molecule has 0 aliphatic carbocycles. The van der Waals surface area contributed by atoms with Crippen LogP contribution in [0, 0.1) is 6.92 Å². The van der Waals surface area contributed by atoms with E-state index in [-0.39, 0.29) is 5.91 Å². The van der Waals surface area contributed by atoms with Crippen molar-refractivity contribution in [3.63, 3.8) is 0 Å². The fraction of sp³-hybridized carbons (Fsp3) is 0.316. The fourth-order valence-electron chi connectivity index (χ4n) is 2.50. The first kappa shape index (κ1) is 16.9. The Bertz CT molecular complexity index is 655. The summed E-state index contributed by atoms with van der Waals surface area (Å²) < 4.78 is 5.19. The van der Waals surface area contributed by atoms with Gasteiger partial charge in [0.1, 0.15) is 5.75 Å². The molecule has 122 valence electrons. The summed E-state index contributed by atoms with van der Waals surface area (Å²) in [7, 11) is 1.64. The lowest BCUT2D eigenvalue weighted by atomic mass is 10.2. The highest BCUT2D eigenvalue weighted by Gasteiger charge is 2.11. The molecule has 2 rings (SSSR count). The van der Waals surface area contributed by atoms with Gasteiger partial charge in [-0.1, -0.05) is 30.3 Å². The van der Waals surface area contributed by atoms with E-state index in [1.54, 1.807) is 7.11 Å². The van der Waals surface area contributed by atoms with E-state index in [2.05, 4.69) is 30.1 Å². The second kappa shape index (κ2) is 8.22. The molecule has 4 heteroatoms. The predicted molar refractivity (Wildman–Crippen MR) is 93.9 cm³/mol. The first-order chi connectivity index (χ1) is 11.1. The molecule has 0 aliphatic rings. The number of nitrogens with zero attached hydrogens (tertiary/aromatic N) is 1. The highest BCUT2D eigenvalue weighted by Crippen LogP contribution is 2.18. The Hall–Kier alpha value is -2.49. The van der Waals surface area contributed by atoms with Crippen molar-refractivity contribution in [1.29, 1.82) is 0 Å². The van der Waals surface area contributed by atoms with Gasteiger partial charge in [0.15, 0.2) is 0 Å². The van der Waals surface area contributed by atoms with Crippen LogP contribution >= 0.6 is 0 Å². The number of aryl methyl sites for hydroxylation is 1. The molecule has 0 saturated heterocycles. The summed E-state index contributed by atoms with van der Waals surface area (Å²) in [6.07, 6.45) is 0. The van der Waals surface area contributed by atoms with Gasteiger partial charge in [-0.2, -0.15) is 0 Å². The van der Waals surface area contributed by atoms with Crippen molar-refractivity contribution in [3.05, 3.63) is 59.7 Å². The van der Waals surface area contributed by atoms with Gasteiger partial charge in [0, 0.05) is 18.8 Å². The van der Waals surface area contributed by atoms with Crippen LogP contribution in [0.3, 0.4) is 0 Å². The van der Waals surface area contributed by atoms with Crippen molar-refractivity contribution in [2.24, 2.45) is 0 Å². The van der Waals surface area contributed by atoms with E-state index in [4.69, 9.17) is 4.74 Å². The van der Waals surface area contributed by atoms with Crippen LogP contribution in [-0.4, -0.2) is 26.1 Å². The SMILES string of the molecule is CCN(CC(=O)NCc1cccc(OC)c1)c1ccccc1C.